The third-order valence-electron chi connectivity index (χ3n) is 3.73. The van der Waals surface area contributed by atoms with Crippen LogP contribution in [-0.2, 0) is 19.1 Å². The molecular weight excluding hydrogens is 352 g/mol. The van der Waals surface area contributed by atoms with E-state index in [4.69, 9.17) is 14.2 Å². The zero-order valence-electron chi connectivity index (χ0n) is 16.5. The van der Waals surface area contributed by atoms with Crippen LogP contribution < -0.4 is 14.8 Å². The molecule has 0 heterocycles. The third-order valence-corrected chi connectivity index (χ3v) is 3.73. The number of rotatable bonds is 10. The van der Waals surface area contributed by atoms with Crippen LogP contribution in [0.25, 0.3) is 0 Å². The molecule has 0 saturated heterocycles. The fourth-order valence-corrected chi connectivity index (χ4v) is 2.32. The fourth-order valence-electron chi connectivity index (χ4n) is 2.32. The van der Waals surface area contributed by atoms with Gasteiger partial charge in [-0.1, -0.05) is 13.8 Å². The normalized spacial score (nSPS) is 11.6. The second kappa shape index (κ2) is 11.2. The fraction of sp³-hybridized carbons (Fsp3) is 0.526. The number of hydrogen-bond donors (Lipinski definition) is 1. The Bertz CT molecular complexity index is 658. The predicted octanol–water partition coefficient (Wildman–Crippen LogP) is 2.22. The zero-order valence-corrected chi connectivity index (χ0v) is 16.5. The van der Waals surface area contributed by atoms with Gasteiger partial charge >= 0.3 is 17.9 Å². The third kappa shape index (κ3) is 8.08. The molecule has 0 aliphatic rings. The monoisotopic (exact) mass is 380 g/mol. The first-order chi connectivity index (χ1) is 12.8. The Morgan fingerprint density at radius 3 is 2.19 bits per heavy atom. The molecule has 1 aromatic rings. The van der Waals surface area contributed by atoms with Crippen LogP contribution in [0.4, 0.5) is 5.69 Å². The minimum atomic E-state index is -0.605. The van der Waals surface area contributed by atoms with Crippen LogP contribution in [0, 0.1) is 0 Å². The summed E-state index contributed by atoms with van der Waals surface area (Å²) in [4.78, 5) is 36.7. The highest BCUT2D eigenvalue weighted by atomic mass is 16.6. The number of hydrogen-bond acceptors (Lipinski definition) is 8. The molecule has 0 unspecified atom stereocenters. The van der Waals surface area contributed by atoms with Crippen molar-refractivity contribution in [3.63, 3.8) is 0 Å². The van der Waals surface area contributed by atoms with E-state index in [9.17, 15) is 14.4 Å². The average molecular weight is 380 g/mol. The lowest BCUT2D eigenvalue weighted by atomic mass is 10.2. The molecule has 8 nitrogen and oxygen atoms in total. The lowest BCUT2D eigenvalue weighted by Gasteiger charge is -2.19. The number of nitrogens with zero attached hydrogens (tertiary/aromatic N) is 1. The minimum Gasteiger partial charge on any atom is -0.463 e. The largest absolute Gasteiger partial charge is 0.463 e. The summed E-state index contributed by atoms with van der Waals surface area (Å²) in [5, 5.41) is 2.98. The smallest absolute Gasteiger partial charge is 0.328 e. The highest BCUT2D eigenvalue weighted by Crippen LogP contribution is 2.31. The molecule has 1 aromatic carbocycles. The van der Waals surface area contributed by atoms with Crippen molar-refractivity contribution in [3.8, 4) is 11.5 Å². The van der Waals surface area contributed by atoms with E-state index < -0.39 is 18.0 Å². The van der Waals surface area contributed by atoms with Gasteiger partial charge in [-0.15, -0.1) is 0 Å². The lowest BCUT2D eigenvalue weighted by Crippen LogP contribution is -2.32. The van der Waals surface area contributed by atoms with E-state index in [0.29, 0.717) is 18.8 Å². The van der Waals surface area contributed by atoms with Crippen LogP contribution in [0.1, 0.15) is 34.6 Å². The van der Waals surface area contributed by atoms with Gasteiger partial charge in [-0.3, -0.25) is 9.59 Å². The molecular formula is C19H28N2O6. The van der Waals surface area contributed by atoms with Gasteiger partial charge in [0.25, 0.3) is 0 Å². The van der Waals surface area contributed by atoms with Gasteiger partial charge in [0, 0.05) is 32.1 Å². The summed E-state index contributed by atoms with van der Waals surface area (Å²) in [7, 11) is 0. The Hall–Kier alpha value is -2.61. The van der Waals surface area contributed by atoms with Crippen molar-refractivity contribution >= 4 is 23.6 Å². The van der Waals surface area contributed by atoms with Crippen LogP contribution in [-0.4, -0.2) is 55.1 Å². The van der Waals surface area contributed by atoms with Gasteiger partial charge in [0.2, 0.25) is 0 Å². The summed E-state index contributed by atoms with van der Waals surface area (Å²) < 4.78 is 15.4. The molecule has 0 spiro atoms. The van der Waals surface area contributed by atoms with Crippen LogP contribution in [0.5, 0.6) is 11.5 Å². The van der Waals surface area contributed by atoms with Crippen LogP contribution in [0.15, 0.2) is 18.2 Å². The lowest BCUT2D eigenvalue weighted by molar-refractivity contribution is -0.144. The first kappa shape index (κ1) is 22.4. The summed E-state index contributed by atoms with van der Waals surface area (Å²) in [6.07, 6.45) is 0. The molecule has 27 heavy (non-hydrogen) atoms. The van der Waals surface area contributed by atoms with Crippen molar-refractivity contribution in [2.45, 2.75) is 40.7 Å². The van der Waals surface area contributed by atoms with Gasteiger partial charge in [0.15, 0.2) is 11.5 Å². The van der Waals surface area contributed by atoms with Gasteiger partial charge in [-0.05, 0) is 32.1 Å². The van der Waals surface area contributed by atoms with E-state index in [0.717, 1.165) is 13.1 Å². The van der Waals surface area contributed by atoms with Crippen molar-refractivity contribution in [2.24, 2.45) is 0 Å². The Balaban J connectivity index is 2.71. The van der Waals surface area contributed by atoms with Crippen LogP contribution in [0.2, 0.25) is 0 Å². The Morgan fingerprint density at radius 2 is 1.63 bits per heavy atom. The molecule has 8 heteroatoms. The van der Waals surface area contributed by atoms with Gasteiger partial charge < -0.3 is 24.4 Å². The molecule has 1 rings (SSSR count). The summed E-state index contributed by atoms with van der Waals surface area (Å²) >= 11 is 0. The molecule has 0 radical (unpaired) electrons. The van der Waals surface area contributed by atoms with E-state index in [1.165, 1.54) is 26.0 Å². The Labute approximate surface area is 159 Å². The van der Waals surface area contributed by atoms with E-state index in [-0.39, 0.29) is 17.5 Å². The molecule has 1 N–H and O–H groups in total. The van der Waals surface area contributed by atoms with E-state index in [1.807, 2.05) is 0 Å². The first-order valence-corrected chi connectivity index (χ1v) is 8.93. The molecule has 0 fully saturated rings. The number of anilines is 1. The van der Waals surface area contributed by atoms with Crippen molar-refractivity contribution in [2.75, 3.05) is 31.6 Å². The predicted molar refractivity (Wildman–Crippen MR) is 101 cm³/mol. The highest BCUT2D eigenvalue weighted by Gasteiger charge is 2.17. The maximum atomic E-state index is 12.1. The number of carbonyl (C=O) groups is 3. The standard InChI is InChI=1S/C19H28N2O6/c1-6-21(7-2)10-11-25-19(24)13(3)20-16-8-9-17(26-14(4)22)18(12-16)27-15(5)23/h8-9,12-13,20H,6-7,10-11H2,1-5H3/t13-/m0/s1. The molecule has 1 atom stereocenters. The van der Waals surface area contributed by atoms with Crippen molar-refractivity contribution in [3.05, 3.63) is 18.2 Å². The number of nitrogens with one attached hydrogen (secondary N) is 1. The van der Waals surface area contributed by atoms with Gasteiger partial charge in [0.05, 0.1) is 0 Å². The van der Waals surface area contributed by atoms with Gasteiger partial charge in [0.1, 0.15) is 12.6 Å². The van der Waals surface area contributed by atoms with E-state index in [1.54, 1.807) is 13.0 Å². The summed E-state index contributed by atoms with van der Waals surface area (Å²) in [6.45, 7) is 11.1. The SMILES string of the molecule is CCN(CC)CCOC(=O)[C@H](C)Nc1ccc(OC(C)=O)c(OC(C)=O)c1. The average Bonchev–Trinajstić information content (AvgIpc) is 2.60. The van der Waals surface area contributed by atoms with Crippen LogP contribution in [0.3, 0.4) is 0 Å². The van der Waals surface area contributed by atoms with Gasteiger partial charge in [-0.2, -0.15) is 0 Å². The quantitative estimate of drug-likeness (QED) is 0.488. The second-order valence-corrected chi connectivity index (χ2v) is 5.91. The van der Waals surface area contributed by atoms with E-state index in [2.05, 4.69) is 24.1 Å². The number of esters is 3. The van der Waals surface area contributed by atoms with Crippen molar-refractivity contribution in [1.29, 1.82) is 0 Å². The molecule has 0 bridgehead atoms. The molecule has 0 saturated carbocycles. The number of likely N-dealkylation sites (N-methyl/N-ethyl adjacent to an activating group) is 1. The molecule has 0 amide bonds. The molecule has 0 aliphatic carbocycles. The Morgan fingerprint density at radius 1 is 1.04 bits per heavy atom. The minimum absolute atomic E-state index is 0.0878. The molecule has 0 aromatic heterocycles. The maximum absolute atomic E-state index is 12.1. The highest BCUT2D eigenvalue weighted by molar-refractivity contribution is 5.80. The number of ether oxygens (including phenoxy) is 3. The van der Waals surface area contributed by atoms with Crippen molar-refractivity contribution in [1.82, 2.24) is 4.90 Å². The summed E-state index contributed by atoms with van der Waals surface area (Å²) in [5.41, 5.74) is 0.523. The van der Waals surface area contributed by atoms with Crippen molar-refractivity contribution < 1.29 is 28.6 Å². The zero-order chi connectivity index (χ0) is 20.4. The molecule has 0 aliphatic heterocycles. The van der Waals surface area contributed by atoms with Gasteiger partial charge in [-0.25, -0.2) is 4.79 Å². The van der Waals surface area contributed by atoms with Crippen LogP contribution >= 0.6 is 0 Å². The number of carbonyl (C=O) groups excluding carboxylic acids is 3. The van der Waals surface area contributed by atoms with E-state index >= 15 is 0 Å². The molecule has 150 valence electrons. The summed E-state index contributed by atoms with van der Waals surface area (Å²) in [6, 6.07) is 3.98. The maximum Gasteiger partial charge on any atom is 0.328 e. The summed E-state index contributed by atoms with van der Waals surface area (Å²) in [5.74, 6) is -1.26. The number of benzene rings is 1. The second-order valence-electron chi connectivity index (χ2n) is 5.91. The topological polar surface area (TPSA) is 94.2 Å². The first-order valence-electron chi connectivity index (χ1n) is 8.93. The Kier molecular flexibility index (Phi) is 9.29.